The predicted molar refractivity (Wildman–Crippen MR) is 87.9 cm³/mol. The van der Waals surface area contributed by atoms with Crippen molar-refractivity contribution in [2.75, 3.05) is 5.73 Å². The average molecular weight is 409 g/mol. The maximum Gasteiger partial charge on any atom is 0.153 e. The van der Waals surface area contributed by atoms with E-state index in [0.717, 1.165) is 41.3 Å². The Morgan fingerprint density at radius 3 is 2.71 bits per heavy atom. The van der Waals surface area contributed by atoms with Crippen LogP contribution in [0.1, 0.15) is 11.1 Å². The standard InChI is InChI=1S/C15H12ClN2S2.Y/c1-8-3-5-11(16)14-13(8)18-15(20-14)19-12-6-4-10(17)7-9(12)2;/h3-5,7H,17H2,1-2H3;/q-1;. The van der Waals surface area contributed by atoms with Gasteiger partial charge in [-0.05, 0) is 18.6 Å². The second kappa shape index (κ2) is 6.97. The molecule has 2 aromatic carbocycles. The van der Waals surface area contributed by atoms with E-state index in [1.54, 1.807) is 29.2 Å². The zero-order valence-corrected chi connectivity index (χ0v) is 16.8. The van der Waals surface area contributed by atoms with Gasteiger partial charge in [0, 0.05) is 32.7 Å². The van der Waals surface area contributed by atoms with Gasteiger partial charge in [-0.25, -0.2) is 4.98 Å². The van der Waals surface area contributed by atoms with E-state index in [0.29, 0.717) is 0 Å². The SMILES string of the molecule is Cc1cc(N)c[c-]c1Sc1nc2c(C)ccc(Cl)c2s1.[Y]. The molecule has 0 amide bonds. The quantitative estimate of drug-likeness (QED) is 0.474. The van der Waals surface area contributed by atoms with Gasteiger partial charge in [0.2, 0.25) is 0 Å². The molecular weight excluding hydrogens is 397 g/mol. The van der Waals surface area contributed by atoms with Crippen molar-refractivity contribution in [1.29, 1.82) is 0 Å². The summed E-state index contributed by atoms with van der Waals surface area (Å²) in [4.78, 5) is 5.73. The number of halogens is 1. The molecule has 0 aliphatic heterocycles. The first kappa shape index (κ1) is 17.2. The minimum atomic E-state index is 0. The Balaban J connectivity index is 0.00000161. The van der Waals surface area contributed by atoms with Crippen molar-refractivity contribution in [3.63, 3.8) is 0 Å². The van der Waals surface area contributed by atoms with Crippen LogP contribution in [-0.4, -0.2) is 4.98 Å². The second-order valence-corrected chi connectivity index (χ2v) is 7.23. The summed E-state index contributed by atoms with van der Waals surface area (Å²) >= 11 is 9.45. The van der Waals surface area contributed by atoms with E-state index >= 15 is 0 Å². The summed E-state index contributed by atoms with van der Waals surface area (Å²) in [5, 5.41) is 0.757. The van der Waals surface area contributed by atoms with E-state index < -0.39 is 0 Å². The Labute approximate surface area is 162 Å². The Morgan fingerprint density at radius 1 is 1.29 bits per heavy atom. The molecule has 0 bridgehead atoms. The van der Waals surface area contributed by atoms with Crippen LogP contribution >= 0.6 is 34.7 Å². The number of anilines is 1. The third-order valence-electron chi connectivity index (χ3n) is 2.98. The Hall–Kier alpha value is -0.126. The van der Waals surface area contributed by atoms with E-state index in [9.17, 15) is 0 Å². The molecular formula is C15H12ClN2S2Y-. The van der Waals surface area contributed by atoms with E-state index in [2.05, 4.69) is 11.1 Å². The molecule has 0 saturated carbocycles. The molecule has 0 unspecified atom stereocenters. The predicted octanol–water partition coefficient (Wildman–Crippen LogP) is 5.10. The van der Waals surface area contributed by atoms with Crippen LogP contribution < -0.4 is 5.73 Å². The number of benzene rings is 2. The van der Waals surface area contributed by atoms with Crippen LogP contribution in [0.5, 0.6) is 0 Å². The molecule has 0 spiro atoms. The van der Waals surface area contributed by atoms with Gasteiger partial charge in [0.25, 0.3) is 0 Å². The molecule has 21 heavy (non-hydrogen) atoms. The molecule has 3 rings (SSSR count). The van der Waals surface area contributed by atoms with Crippen LogP contribution in [0.3, 0.4) is 0 Å². The van der Waals surface area contributed by atoms with Crippen LogP contribution in [0.2, 0.25) is 5.02 Å². The third kappa shape index (κ3) is 3.62. The van der Waals surface area contributed by atoms with Gasteiger partial charge in [-0.3, -0.25) is 0 Å². The van der Waals surface area contributed by atoms with Crippen molar-refractivity contribution >= 4 is 50.6 Å². The number of aryl methyl sites for hydroxylation is 2. The van der Waals surface area contributed by atoms with E-state index in [1.807, 2.05) is 32.0 Å². The minimum Gasteiger partial charge on any atom is -0.449 e. The van der Waals surface area contributed by atoms with Crippen LogP contribution in [0.15, 0.2) is 33.5 Å². The van der Waals surface area contributed by atoms with Crippen molar-refractivity contribution < 1.29 is 32.7 Å². The number of fused-ring (bicyclic) bond motifs is 1. The van der Waals surface area contributed by atoms with E-state index in [4.69, 9.17) is 17.3 Å². The normalized spacial score (nSPS) is 10.6. The Bertz CT molecular complexity index is 763. The Morgan fingerprint density at radius 2 is 2.05 bits per heavy atom. The Kier molecular flexibility index (Phi) is 5.72. The third-order valence-corrected chi connectivity index (χ3v) is 5.70. The van der Waals surface area contributed by atoms with Crippen molar-refractivity contribution in [3.05, 3.63) is 46.5 Å². The average Bonchev–Trinajstić information content (AvgIpc) is 2.83. The molecule has 0 aliphatic carbocycles. The van der Waals surface area contributed by atoms with Gasteiger partial charge in [0.1, 0.15) is 0 Å². The fourth-order valence-corrected chi connectivity index (χ4v) is 4.31. The first-order valence-corrected chi connectivity index (χ1v) is 8.07. The number of aromatic nitrogens is 1. The van der Waals surface area contributed by atoms with Crippen molar-refractivity contribution in [2.45, 2.75) is 23.1 Å². The van der Waals surface area contributed by atoms with Crippen molar-refractivity contribution in [1.82, 2.24) is 4.98 Å². The number of hydrogen-bond acceptors (Lipinski definition) is 4. The van der Waals surface area contributed by atoms with E-state index in [1.165, 1.54) is 0 Å². The zero-order chi connectivity index (χ0) is 14.3. The largest absolute Gasteiger partial charge is 0.449 e. The van der Waals surface area contributed by atoms with Gasteiger partial charge < -0.3 is 5.73 Å². The number of nitrogens with two attached hydrogens (primary N) is 1. The first-order chi connectivity index (χ1) is 9.54. The summed E-state index contributed by atoms with van der Waals surface area (Å²) in [5.41, 5.74) is 9.72. The van der Waals surface area contributed by atoms with E-state index in [-0.39, 0.29) is 32.7 Å². The molecule has 105 valence electrons. The van der Waals surface area contributed by atoms with Gasteiger partial charge in [0.15, 0.2) is 4.34 Å². The molecule has 0 aliphatic rings. The topological polar surface area (TPSA) is 38.9 Å². The van der Waals surface area contributed by atoms with Crippen LogP contribution in [0, 0.1) is 19.9 Å². The van der Waals surface area contributed by atoms with Crippen LogP contribution in [-0.2, 0) is 32.7 Å². The summed E-state index contributed by atoms with van der Waals surface area (Å²) in [7, 11) is 0. The molecule has 6 heteroatoms. The molecule has 0 atom stereocenters. The molecule has 1 radical (unpaired) electrons. The smallest absolute Gasteiger partial charge is 0.153 e. The van der Waals surface area contributed by atoms with Crippen LogP contribution in [0.4, 0.5) is 5.69 Å². The van der Waals surface area contributed by atoms with Crippen molar-refractivity contribution in [3.8, 4) is 0 Å². The maximum atomic E-state index is 6.23. The summed E-state index contributed by atoms with van der Waals surface area (Å²) in [6, 6.07) is 10.9. The number of thiazole rings is 1. The number of rotatable bonds is 2. The molecule has 0 fully saturated rings. The number of hydrogen-bond donors (Lipinski definition) is 1. The van der Waals surface area contributed by atoms with Crippen molar-refractivity contribution in [2.24, 2.45) is 0 Å². The summed E-state index contributed by atoms with van der Waals surface area (Å²) in [5.74, 6) is 0. The molecule has 2 nitrogen and oxygen atoms in total. The van der Waals surface area contributed by atoms with Gasteiger partial charge in [-0.1, -0.05) is 46.9 Å². The molecule has 0 saturated heterocycles. The van der Waals surface area contributed by atoms with Crippen LogP contribution in [0.25, 0.3) is 10.2 Å². The fourth-order valence-electron chi connectivity index (χ4n) is 1.94. The second-order valence-electron chi connectivity index (χ2n) is 4.57. The molecule has 3 aromatic rings. The summed E-state index contributed by atoms with van der Waals surface area (Å²) in [6.45, 7) is 4.08. The molecule has 1 aromatic heterocycles. The molecule has 2 N–H and O–H groups in total. The maximum absolute atomic E-state index is 6.23. The fraction of sp³-hybridized carbons (Fsp3) is 0.133. The summed E-state index contributed by atoms with van der Waals surface area (Å²) < 4.78 is 2.02. The number of nitrogens with zero attached hydrogens (tertiary/aromatic N) is 1. The summed E-state index contributed by atoms with van der Waals surface area (Å²) in [6.07, 6.45) is 0. The van der Waals surface area contributed by atoms with Gasteiger partial charge >= 0.3 is 0 Å². The first-order valence-electron chi connectivity index (χ1n) is 6.06. The minimum absolute atomic E-state index is 0. The number of nitrogen functional groups attached to an aromatic ring is 1. The molecule has 1 heterocycles. The van der Waals surface area contributed by atoms with Gasteiger partial charge in [-0.2, -0.15) is 12.1 Å². The zero-order valence-electron chi connectivity index (χ0n) is 11.6. The van der Waals surface area contributed by atoms with Gasteiger partial charge in [-0.15, -0.1) is 23.0 Å². The van der Waals surface area contributed by atoms with Gasteiger partial charge in [0.05, 0.1) is 15.2 Å². The monoisotopic (exact) mass is 408 g/mol.